The summed E-state index contributed by atoms with van der Waals surface area (Å²) >= 11 is 0. The zero-order valence-electron chi connectivity index (χ0n) is 10.0. The number of rotatable bonds is 7. The molecule has 0 unspecified atom stereocenters. The molecule has 0 aromatic heterocycles. The van der Waals surface area contributed by atoms with Gasteiger partial charge < -0.3 is 0 Å². The van der Waals surface area contributed by atoms with Crippen molar-refractivity contribution in [2.45, 2.75) is 58.2 Å². The van der Waals surface area contributed by atoms with Gasteiger partial charge in [0.1, 0.15) is 8.07 Å². The number of unbranched alkanes of at least 4 members (excludes halogenated alkanes) is 4. The Balaban J connectivity index is 3.42. The highest BCUT2D eigenvalue weighted by Gasteiger charge is 2.16. The molecule has 0 aliphatic heterocycles. The van der Waals surface area contributed by atoms with Crippen LogP contribution in [0.5, 0.6) is 0 Å². The van der Waals surface area contributed by atoms with Crippen LogP contribution in [-0.2, 0) is 0 Å². The van der Waals surface area contributed by atoms with Crippen molar-refractivity contribution < 1.29 is 0 Å². The largest absolute Gasteiger partial charge is 0.132 e. The lowest BCUT2D eigenvalue weighted by Gasteiger charge is -2.13. The van der Waals surface area contributed by atoms with Gasteiger partial charge in [0.05, 0.1) is 0 Å². The minimum atomic E-state index is -1.15. The van der Waals surface area contributed by atoms with Crippen LogP contribution in [0.25, 0.3) is 0 Å². The summed E-state index contributed by atoms with van der Waals surface area (Å²) in [7, 11) is -1.15. The van der Waals surface area contributed by atoms with E-state index >= 15 is 0 Å². The Labute approximate surface area is 90.8 Å². The van der Waals surface area contributed by atoms with Crippen LogP contribution in [0.4, 0.5) is 0 Å². The van der Waals surface area contributed by atoms with Crippen LogP contribution in [0, 0.1) is 11.5 Å². The van der Waals surface area contributed by atoms with E-state index in [1.807, 2.05) is 13.0 Å². The third-order valence-electron chi connectivity index (χ3n) is 2.42. The van der Waals surface area contributed by atoms with E-state index in [0.29, 0.717) is 0 Å². The summed E-state index contributed by atoms with van der Waals surface area (Å²) in [4.78, 5) is 0. The Kier molecular flexibility index (Phi) is 7.61. The molecule has 0 aliphatic rings. The Morgan fingerprint density at radius 1 is 1.14 bits per heavy atom. The minimum Gasteiger partial charge on any atom is -0.132 e. The fourth-order valence-electron chi connectivity index (χ4n) is 1.61. The molecule has 80 valence electrons. The average molecular weight is 208 g/mol. The van der Waals surface area contributed by atoms with Crippen LogP contribution in [0.3, 0.4) is 0 Å². The number of allylic oxidation sites excluding steroid dienone is 1. The molecule has 0 aliphatic carbocycles. The second-order valence-electron chi connectivity index (χ2n) is 4.50. The highest BCUT2D eigenvalue weighted by molar-refractivity contribution is 6.85. The standard InChI is InChI=1S/C13H24Si/c1-5-7-8-9-10-11-13-14(3,4)12-6-2/h5H,1,7-11,13H2,2-4H3. The summed E-state index contributed by atoms with van der Waals surface area (Å²) in [5.74, 6) is 3.07. The van der Waals surface area contributed by atoms with Crippen molar-refractivity contribution in [1.29, 1.82) is 0 Å². The van der Waals surface area contributed by atoms with Crippen LogP contribution in [-0.4, -0.2) is 8.07 Å². The van der Waals surface area contributed by atoms with E-state index in [4.69, 9.17) is 0 Å². The topological polar surface area (TPSA) is 0 Å². The van der Waals surface area contributed by atoms with Crippen LogP contribution < -0.4 is 0 Å². The van der Waals surface area contributed by atoms with E-state index < -0.39 is 8.07 Å². The monoisotopic (exact) mass is 208 g/mol. The SMILES string of the molecule is C=CCCCCCC[Si](C)(C)C#CC. The molecule has 14 heavy (non-hydrogen) atoms. The summed E-state index contributed by atoms with van der Waals surface area (Å²) in [5.41, 5.74) is 3.40. The van der Waals surface area contributed by atoms with Crippen LogP contribution in [0.15, 0.2) is 12.7 Å². The Hall–Kier alpha value is -0.483. The first-order chi connectivity index (χ1) is 6.62. The minimum absolute atomic E-state index is 1.15. The van der Waals surface area contributed by atoms with Gasteiger partial charge >= 0.3 is 0 Å². The van der Waals surface area contributed by atoms with Gasteiger partial charge in [-0.3, -0.25) is 0 Å². The zero-order valence-corrected chi connectivity index (χ0v) is 11.0. The highest BCUT2D eigenvalue weighted by Crippen LogP contribution is 2.14. The lowest BCUT2D eigenvalue weighted by Crippen LogP contribution is -2.22. The van der Waals surface area contributed by atoms with Gasteiger partial charge in [0.15, 0.2) is 0 Å². The molecular formula is C13H24Si. The van der Waals surface area contributed by atoms with Crippen molar-refractivity contribution in [2.75, 3.05) is 0 Å². The van der Waals surface area contributed by atoms with Gasteiger partial charge in [0, 0.05) is 0 Å². The van der Waals surface area contributed by atoms with Crippen molar-refractivity contribution in [2.24, 2.45) is 0 Å². The van der Waals surface area contributed by atoms with Crippen LogP contribution in [0.2, 0.25) is 19.1 Å². The zero-order chi connectivity index (χ0) is 10.9. The molecule has 0 bridgehead atoms. The van der Waals surface area contributed by atoms with Crippen LogP contribution in [0.1, 0.15) is 39.0 Å². The first kappa shape index (κ1) is 13.5. The normalized spacial score (nSPS) is 10.5. The van der Waals surface area contributed by atoms with Crippen molar-refractivity contribution in [3.8, 4) is 11.5 Å². The molecule has 0 aromatic rings. The molecule has 0 spiro atoms. The maximum Gasteiger partial charge on any atom is 0.132 e. The molecule has 0 rings (SSSR count). The van der Waals surface area contributed by atoms with E-state index in [9.17, 15) is 0 Å². The summed E-state index contributed by atoms with van der Waals surface area (Å²) in [6, 6.07) is 1.36. The van der Waals surface area contributed by atoms with E-state index in [0.717, 1.165) is 0 Å². The van der Waals surface area contributed by atoms with Gasteiger partial charge in [-0.1, -0.05) is 38.4 Å². The Morgan fingerprint density at radius 2 is 1.79 bits per heavy atom. The van der Waals surface area contributed by atoms with Crippen molar-refractivity contribution in [3.05, 3.63) is 12.7 Å². The molecule has 0 amide bonds. The smallest absolute Gasteiger partial charge is 0.132 e. The number of hydrogen-bond donors (Lipinski definition) is 0. The fourth-order valence-corrected chi connectivity index (χ4v) is 3.55. The quantitative estimate of drug-likeness (QED) is 0.252. The van der Waals surface area contributed by atoms with Gasteiger partial charge in [0.2, 0.25) is 0 Å². The fraction of sp³-hybridized carbons (Fsp3) is 0.692. The maximum atomic E-state index is 3.73. The summed E-state index contributed by atoms with van der Waals surface area (Å²) in [6.45, 7) is 10.4. The van der Waals surface area contributed by atoms with E-state index in [1.54, 1.807) is 0 Å². The second-order valence-corrected chi connectivity index (χ2v) is 9.02. The molecule has 0 atom stereocenters. The van der Waals surface area contributed by atoms with Crippen molar-refractivity contribution in [3.63, 3.8) is 0 Å². The van der Waals surface area contributed by atoms with Crippen LogP contribution >= 0.6 is 0 Å². The van der Waals surface area contributed by atoms with Gasteiger partial charge in [0.25, 0.3) is 0 Å². The van der Waals surface area contributed by atoms with Crippen molar-refractivity contribution in [1.82, 2.24) is 0 Å². The highest BCUT2D eigenvalue weighted by atomic mass is 28.3. The molecule has 0 nitrogen and oxygen atoms in total. The molecule has 0 heterocycles. The Bertz CT molecular complexity index is 205. The van der Waals surface area contributed by atoms with Gasteiger partial charge in [-0.2, -0.15) is 0 Å². The molecule has 0 N–H and O–H groups in total. The summed E-state index contributed by atoms with van der Waals surface area (Å²) < 4.78 is 0. The molecule has 1 heteroatoms. The molecule has 0 saturated carbocycles. The van der Waals surface area contributed by atoms with E-state index in [1.165, 1.54) is 38.1 Å². The van der Waals surface area contributed by atoms with E-state index in [-0.39, 0.29) is 0 Å². The first-order valence-corrected chi connectivity index (χ1v) is 8.88. The van der Waals surface area contributed by atoms with Crippen molar-refractivity contribution >= 4 is 8.07 Å². The molecule has 0 radical (unpaired) electrons. The molecule has 0 fully saturated rings. The maximum absolute atomic E-state index is 3.73. The number of hydrogen-bond acceptors (Lipinski definition) is 0. The first-order valence-electron chi connectivity index (χ1n) is 5.67. The third-order valence-corrected chi connectivity index (χ3v) is 4.95. The molecule has 0 saturated heterocycles. The molecular weight excluding hydrogens is 184 g/mol. The average Bonchev–Trinajstić information content (AvgIpc) is 2.11. The lowest BCUT2D eigenvalue weighted by molar-refractivity contribution is 0.671. The van der Waals surface area contributed by atoms with Gasteiger partial charge in [-0.15, -0.1) is 18.0 Å². The molecule has 0 aromatic carbocycles. The Morgan fingerprint density at radius 3 is 2.36 bits per heavy atom. The summed E-state index contributed by atoms with van der Waals surface area (Å²) in [6.07, 6.45) is 8.60. The van der Waals surface area contributed by atoms with Gasteiger partial charge in [-0.25, -0.2) is 0 Å². The second kappa shape index (κ2) is 7.88. The lowest BCUT2D eigenvalue weighted by atomic mass is 10.1. The predicted octanol–water partition coefficient (Wildman–Crippen LogP) is 4.39. The summed E-state index contributed by atoms with van der Waals surface area (Å²) in [5, 5.41) is 0. The third kappa shape index (κ3) is 8.13. The van der Waals surface area contributed by atoms with Gasteiger partial charge in [-0.05, 0) is 25.8 Å². The predicted molar refractivity (Wildman–Crippen MR) is 69.0 cm³/mol. The van der Waals surface area contributed by atoms with E-state index in [2.05, 4.69) is 31.1 Å².